The van der Waals surface area contributed by atoms with Gasteiger partial charge in [-0.25, -0.2) is 9.59 Å². The fraction of sp³-hybridized carbons (Fsp3) is 0.600. The molecule has 3 rings (SSSR count). The van der Waals surface area contributed by atoms with Gasteiger partial charge in [-0.3, -0.25) is 0 Å². The second-order valence-electron chi connectivity index (χ2n) is 8.24. The van der Waals surface area contributed by atoms with Crippen molar-refractivity contribution in [2.45, 2.75) is 45.8 Å². The van der Waals surface area contributed by atoms with Gasteiger partial charge in [0.2, 0.25) is 0 Å². The molecule has 0 bridgehead atoms. The predicted molar refractivity (Wildman–Crippen MR) is 103 cm³/mol. The zero-order chi connectivity index (χ0) is 19.6. The number of anilines is 1. The van der Waals surface area contributed by atoms with Crippen LogP contribution in [0.3, 0.4) is 0 Å². The molecule has 1 fully saturated rings. The average molecular weight is 375 g/mol. The first kappa shape index (κ1) is 19.3. The Balaban J connectivity index is 1.54. The zero-order valence-corrected chi connectivity index (χ0v) is 16.6. The van der Waals surface area contributed by atoms with Crippen molar-refractivity contribution in [3.63, 3.8) is 0 Å². The summed E-state index contributed by atoms with van der Waals surface area (Å²) in [6.07, 6.45) is 1.49. The summed E-state index contributed by atoms with van der Waals surface area (Å²) in [5.41, 5.74) is 1.42. The summed E-state index contributed by atoms with van der Waals surface area (Å²) in [5, 5.41) is 2.95. The first-order chi connectivity index (χ1) is 12.7. The van der Waals surface area contributed by atoms with Gasteiger partial charge >= 0.3 is 12.1 Å². The molecule has 0 radical (unpaired) electrons. The summed E-state index contributed by atoms with van der Waals surface area (Å²) >= 11 is 0. The van der Waals surface area contributed by atoms with Gasteiger partial charge < -0.3 is 24.6 Å². The number of likely N-dealkylation sites (tertiary alicyclic amines) is 1. The fourth-order valence-corrected chi connectivity index (χ4v) is 3.51. The molecule has 2 aliphatic rings. The Morgan fingerprint density at radius 3 is 2.59 bits per heavy atom. The van der Waals surface area contributed by atoms with Crippen LogP contribution < -0.4 is 10.1 Å². The lowest BCUT2D eigenvalue weighted by atomic mass is 9.96. The monoisotopic (exact) mass is 375 g/mol. The molecule has 1 saturated heterocycles. The Kier molecular flexibility index (Phi) is 5.48. The topological polar surface area (TPSA) is 71.1 Å². The molecule has 7 nitrogen and oxygen atoms in total. The Morgan fingerprint density at radius 2 is 1.96 bits per heavy atom. The van der Waals surface area contributed by atoms with E-state index in [0.717, 1.165) is 29.8 Å². The van der Waals surface area contributed by atoms with E-state index in [4.69, 9.17) is 9.47 Å². The number of carbonyl (C=O) groups excluding carboxylic acids is 2. The maximum atomic E-state index is 12.4. The molecular weight excluding hydrogens is 346 g/mol. The number of amides is 3. The van der Waals surface area contributed by atoms with Gasteiger partial charge in [0.25, 0.3) is 0 Å². The predicted octanol–water partition coefficient (Wildman–Crippen LogP) is 3.69. The van der Waals surface area contributed by atoms with E-state index < -0.39 is 5.60 Å². The van der Waals surface area contributed by atoms with Crippen molar-refractivity contribution >= 4 is 17.8 Å². The number of hydrogen-bond donors (Lipinski definition) is 1. The molecule has 1 aromatic carbocycles. The third-order valence-corrected chi connectivity index (χ3v) is 4.95. The van der Waals surface area contributed by atoms with E-state index in [1.54, 1.807) is 12.0 Å². The Hall–Kier alpha value is -2.44. The molecule has 0 unspecified atom stereocenters. The lowest BCUT2D eigenvalue weighted by Gasteiger charge is -2.37. The second-order valence-corrected chi connectivity index (χ2v) is 8.24. The van der Waals surface area contributed by atoms with Crippen LogP contribution in [-0.2, 0) is 11.3 Å². The van der Waals surface area contributed by atoms with Crippen molar-refractivity contribution in [3.8, 4) is 5.75 Å². The Morgan fingerprint density at radius 1 is 1.26 bits per heavy atom. The van der Waals surface area contributed by atoms with E-state index in [1.165, 1.54) is 0 Å². The van der Waals surface area contributed by atoms with Gasteiger partial charge in [-0.05, 0) is 63.3 Å². The summed E-state index contributed by atoms with van der Waals surface area (Å²) in [7, 11) is 1.64. The quantitative estimate of drug-likeness (QED) is 0.875. The molecule has 0 aliphatic carbocycles. The van der Waals surface area contributed by atoms with Crippen molar-refractivity contribution in [1.29, 1.82) is 0 Å². The smallest absolute Gasteiger partial charge is 0.410 e. The van der Waals surface area contributed by atoms with Crippen LogP contribution in [0, 0.1) is 5.92 Å². The number of nitrogens with one attached hydrogen (secondary N) is 1. The minimum atomic E-state index is -0.478. The molecule has 1 aromatic rings. The zero-order valence-electron chi connectivity index (χ0n) is 16.6. The standard InChI is InChI=1S/C20H29N3O4/c1-20(2,3)27-19(25)22-9-7-14(8-10-22)12-23-13-15-11-16(26-4)5-6-17(15)21-18(23)24/h5-6,11,14H,7-10,12-13H2,1-4H3,(H,21,24). The van der Waals surface area contributed by atoms with E-state index >= 15 is 0 Å². The number of hydrogen-bond acceptors (Lipinski definition) is 4. The number of ether oxygens (including phenoxy) is 2. The molecule has 7 heteroatoms. The molecule has 0 aromatic heterocycles. The summed E-state index contributed by atoms with van der Waals surface area (Å²) in [6.45, 7) is 8.21. The number of benzene rings is 1. The number of fused-ring (bicyclic) bond motifs is 1. The molecule has 3 amide bonds. The summed E-state index contributed by atoms with van der Waals surface area (Å²) in [5.74, 6) is 1.16. The highest BCUT2D eigenvalue weighted by Crippen LogP contribution is 2.29. The number of nitrogens with zero attached hydrogens (tertiary/aromatic N) is 2. The summed E-state index contributed by atoms with van der Waals surface area (Å²) in [6, 6.07) is 5.62. The van der Waals surface area contributed by atoms with Crippen LogP contribution >= 0.6 is 0 Å². The van der Waals surface area contributed by atoms with Gasteiger partial charge in [0.1, 0.15) is 11.4 Å². The van der Waals surface area contributed by atoms with Gasteiger partial charge in [-0.2, -0.15) is 0 Å². The molecule has 1 N–H and O–H groups in total. The highest BCUT2D eigenvalue weighted by atomic mass is 16.6. The van der Waals surface area contributed by atoms with Crippen molar-refractivity contribution in [2.75, 3.05) is 32.1 Å². The van der Waals surface area contributed by atoms with Gasteiger partial charge in [0, 0.05) is 31.9 Å². The molecule has 0 saturated carbocycles. The first-order valence-corrected chi connectivity index (χ1v) is 9.46. The van der Waals surface area contributed by atoms with E-state index in [2.05, 4.69) is 5.32 Å². The van der Waals surface area contributed by atoms with Crippen LogP contribution in [0.2, 0.25) is 0 Å². The van der Waals surface area contributed by atoms with E-state index in [9.17, 15) is 9.59 Å². The number of methoxy groups -OCH3 is 1. The molecule has 2 aliphatic heterocycles. The largest absolute Gasteiger partial charge is 0.497 e. The second kappa shape index (κ2) is 7.66. The fourth-order valence-electron chi connectivity index (χ4n) is 3.51. The third kappa shape index (κ3) is 4.84. The van der Waals surface area contributed by atoms with Crippen LogP contribution in [-0.4, -0.2) is 54.3 Å². The molecule has 2 heterocycles. The van der Waals surface area contributed by atoms with Gasteiger partial charge in [0.05, 0.1) is 7.11 Å². The molecule has 0 atom stereocenters. The first-order valence-electron chi connectivity index (χ1n) is 9.46. The Labute approximate surface area is 160 Å². The lowest BCUT2D eigenvalue weighted by molar-refractivity contribution is 0.0173. The van der Waals surface area contributed by atoms with E-state index in [1.807, 2.05) is 43.9 Å². The number of urea groups is 1. The van der Waals surface area contributed by atoms with Gasteiger partial charge in [-0.15, -0.1) is 0 Å². The molecule has 148 valence electrons. The molecular formula is C20H29N3O4. The normalized spacial score (nSPS) is 18.0. The number of rotatable bonds is 3. The SMILES string of the molecule is COc1ccc2c(c1)CN(CC1CCN(C(=O)OC(C)(C)C)CC1)C(=O)N2. The molecule has 27 heavy (non-hydrogen) atoms. The van der Waals surface area contributed by atoms with E-state index in [0.29, 0.717) is 32.1 Å². The maximum Gasteiger partial charge on any atom is 0.410 e. The molecule has 0 spiro atoms. The van der Waals surface area contributed by atoms with Gasteiger partial charge in [0.15, 0.2) is 0 Å². The third-order valence-electron chi connectivity index (χ3n) is 4.95. The summed E-state index contributed by atoms with van der Waals surface area (Å²) in [4.78, 5) is 28.2. The van der Waals surface area contributed by atoms with Crippen LogP contribution in [0.5, 0.6) is 5.75 Å². The van der Waals surface area contributed by atoms with Crippen LogP contribution in [0.1, 0.15) is 39.2 Å². The van der Waals surface area contributed by atoms with Crippen molar-refractivity contribution < 1.29 is 19.1 Å². The highest BCUT2D eigenvalue weighted by molar-refractivity contribution is 5.92. The van der Waals surface area contributed by atoms with Crippen molar-refractivity contribution in [2.24, 2.45) is 5.92 Å². The average Bonchev–Trinajstić information content (AvgIpc) is 2.61. The van der Waals surface area contributed by atoms with Gasteiger partial charge in [-0.1, -0.05) is 0 Å². The number of carbonyl (C=O) groups is 2. The van der Waals surface area contributed by atoms with Crippen molar-refractivity contribution in [3.05, 3.63) is 23.8 Å². The van der Waals surface area contributed by atoms with E-state index in [-0.39, 0.29) is 12.1 Å². The van der Waals surface area contributed by atoms with Crippen LogP contribution in [0.15, 0.2) is 18.2 Å². The lowest BCUT2D eigenvalue weighted by Crippen LogP contribution is -2.46. The number of piperidine rings is 1. The highest BCUT2D eigenvalue weighted by Gasteiger charge is 2.30. The maximum absolute atomic E-state index is 12.4. The van der Waals surface area contributed by atoms with Crippen LogP contribution in [0.4, 0.5) is 15.3 Å². The summed E-state index contributed by atoms with van der Waals surface area (Å²) < 4.78 is 10.7. The minimum absolute atomic E-state index is 0.0674. The Bertz CT molecular complexity index is 706. The van der Waals surface area contributed by atoms with Crippen LogP contribution in [0.25, 0.3) is 0 Å². The van der Waals surface area contributed by atoms with Crippen molar-refractivity contribution in [1.82, 2.24) is 9.80 Å². The minimum Gasteiger partial charge on any atom is -0.497 e.